The standard InChI is InChI=1S/C20H28N6O.2ClH/c27-20(16-4-5-16)25-8-1-3-15(14-25)13-24-10-7-22-19(24)18-11-17-12-21-6-2-9-26(17)23-18;;/h7,10-11,15-16,21H,1-6,8-9,12-14H2;2*1H. The number of fused-ring (bicyclic) bond motifs is 1. The molecular weight excluding hydrogens is 411 g/mol. The Morgan fingerprint density at radius 1 is 1.17 bits per heavy atom. The number of carbonyl (C=O) groups excluding carboxylic acids is 1. The summed E-state index contributed by atoms with van der Waals surface area (Å²) in [4.78, 5) is 19.1. The summed E-state index contributed by atoms with van der Waals surface area (Å²) in [5.74, 6) is 2.15. The molecule has 4 heterocycles. The minimum absolute atomic E-state index is 0. The van der Waals surface area contributed by atoms with Crippen molar-refractivity contribution in [1.82, 2.24) is 29.5 Å². The molecule has 1 saturated carbocycles. The minimum atomic E-state index is 0. The van der Waals surface area contributed by atoms with E-state index >= 15 is 0 Å². The summed E-state index contributed by atoms with van der Waals surface area (Å²) in [7, 11) is 0. The molecule has 5 rings (SSSR count). The maximum absolute atomic E-state index is 12.4. The van der Waals surface area contributed by atoms with Crippen LogP contribution in [0.25, 0.3) is 11.5 Å². The molecule has 2 aliphatic heterocycles. The van der Waals surface area contributed by atoms with Gasteiger partial charge in [-0.25, -0.2) is 4.98 Å². The number of likely N-dealkylation sites (tertiary alicyclic amines) is 1. The van der Waals surface area contributed by atoms with Crippen LogP contribution in [0.2, 0.25) is 0 Å². The molecule has 0 bridgehead atoms. The number of aromatic nitrogens is 4. The van der Waals surface area contributed by atoms with Crippen molar-refractivity contribution in [2.75, 3.05) is 19.6 Å². The van der Waals surface area contributed by atoms with Gasteiger partial charge in [-0.2, -0.15) is 5.10 Å². The first-order valence-corrected chi connectivity index (χ1v) is 10.4. The predicted octanol–water partition coefficient (Wildman–Crippen LogP) is 2.73. The van der Waals surface area contributed by atoms with Crippen LogP contribution in [0, 0.1) is 11.8 Å². The van der Waals surface area contributed by atoms with Crippen LogP contribution in [-0.4, -0.2) is 49.8 Å². The van der Waals surface area contributed by atoms with E-state index < -0.39 is 0 Å². The van der Waals surface area contributed by atoms with Crippen LogP contribution < -0.4 is 5.32 Å². The van der Waals surface area contributed by atoms with Crippen LogP contribution in [0.4, 0.5) is 0 Å². The van der Waals surface area contributed by atoms with E-state index in [-0.39, 0.29) is 24.8 Å². The topological polar surface area (TPSA) is 68.0 Å². The zero-order chi connectivity index (χ0) is 18.2. The Morgan fingerprint density at radius 3 is 2.86 bits per heavy atom. The maximum Gasteiger partial charge on any atom is 0.225 e. The van der Waals surface area contributed by atoms with E-state index in [2.05, 4.69) is 36.7 Å². The summed E-state index contributed by atoms with van der Waals surface area (Å²) in [6, 6.07) is 2.17. The Balaban J connectivity index is 0.00000120. The average Bonchev–Trinajstić information content (AvgIpc) is 3.38. The number of nitrogens with zero attached hydrogens (tertiary/aromatic N) is 5. The second kappa shape index (κ2) is 9.49. The molecule has 7 nitrogen and oxygen atoms in total. The quantitative estimate of drug-likeness (QED) is 0.793. The third-order valence-corrected chi connectivity index (χ3v) is 6.05. The number of carbonyl (C=O) groups is 1. The molecule has 1 saturated heterocycles. The summed E-state index contributed by atoms with van der Waals surface area (Å²) in [6.45, 7) is 5.60. The monoisotopic (exact) mass is 440 g/mol. The molecular formula is C20H30Cl2N6O. The molecule has 2 fully saturated rings. The van der Waals surface area contributed by atoms with Crippen LogP contribution in [0.3, 0.4) is 0 Å². The van der Waals surface area contributed by atoms with E-state index in [0.717, 1.165) is 76.5 Å². The van der Waals surface area contributed by atoms with Gasteiger partial charge in [0.05, 0.1) is 5.69 Å². The van der Waals surface area contributed by atoms with Crippen molar-refractivity contribution >= 4 is 30.7 Å². The summed E-state index contributed by atoms with van der Waals surface area (Å²) in [6.07, 6.45) is 9.49. The van der Waals surface area contributed by atoms with Gasteiger partial charge in [-0.15, -0.1) is 24.8 Å². The number of hydrogen-bond acceptors (Lipinski definition) is 4. The molecule has 0 radical (unpaired) electrons. The molecule has 1 unspecified atom stereocenters. The molecule has 0 spiro atoms. The molecule has 160 valence electrons. The SMILES string of the molecule is Cl.Cl.O=C(C1CC1)N1CCCC(Cn2ccnc2-c2cc3n(n2)CCCNC3)C1. The van der Waals surface area contributed by atoms with Gasteiger partial charge >= 0.3 is 0 Å². The first-order chi connectivity index (χ1) is 13.3. The highest BCUT2D eigenvalue weighted by molar-refractivity contribution is 5.85. The van der Waals surface area contributed by atoms with Gasteiger partial charge in [0.25, 0.3) is 0 Å². The van der Waals surface area contributed by atoms with Gasteiger partial charge in [0.2, 0.25) is 5.91 Å². The van der Waals surface area contributed by atoms with Crippen LogP contribution in [0.1, 0.15) is 37.8 Å². The van der Waals surface area contributed by atoms with Crippen molar-refractivity contribution in [2.24, 2.45) is 11.8 Å². The Kier molecular flexibility index (Phi) is 7.24. The Hall–Kier alpha value is -1.57. The molecule has 0 aromatic carbocycles. The minimum Gasteiger partial charge on any atom is -0.342 e. The summed E-state index contributed by atoms with van der Waals surface area (Å²) >= 11 is 0. The van der Waals surface area contributed by atoms with E-state index in [1.54, 1.807) is 0 Å². The van der Waals surface area contributed by atoms with Gasteiger partial charge in [0, 0.05) is 51.0 Å². The number of amides is 1. The van der Waals surface area contributed by atoms with Gasteiger partial charge < -0.3 is 14.8 Å². The molecule has 2 aromatic rings. The number of rotatable bonds is 4. The fourth-order valence-corrected chi connectivity index (χ4v) is 4.44. The molecule has 29 heavy (non-hydrogen) atoms. The molecule has 1 aliphatic carbocycles. The number of nitrogens with one attached hydrogen (secondary N) is 1. The Bertz CT molecular complexity index is 807. The van der Waals surface area contributed by atoms with Crippen LogP contribution in [0.15, 0.2) is 18.5 Å². The second-order valence-electron chi connectivity index (χ2n) is 8.24. The predicted molar refractivity (Wildman–Crippen MR) is 116 cm³/mol. The number of imidazole rings is 1. The lowest BCUT2D eigenvalue weighted by Gasteiger charge is -2.33. The lowest BCUT2D eigenvalue weighted by Crippen LogP contribution is -2.41. The fourth-order valence-electron chi connectivity index (χ4n) is 4.44. The Morgan fingerprint density at radius 2 is 2.03 bits per heavy atom. The smallest absolute Gasteiger partial charge is 0.225 e. The van der Waals surface area contributed by atoms with Crippen molar-refractivity contribution < 1.29 is 4.79 Å². The lowest BCUT2D eigenvalue weighted by atomic mass is 9.97. The van der Waals surface area contributed by atoms with Crippen molar-refractivity contribution in [3.63, 3.8) is 0 Å². The van der Waals surface area contributed by atoms with Gasteiger partial charge in [-0.05, 0) is 50.6 Å². The van der Waals surface area contributed by atoms with E-state index in [0.29, 0.717) is 17.7 Å². The van der Waals surface area contributed by atoms with E-state index in [4.69, 9.17) is 5.10 Å². The van der Waals surface area contributed by atoms with Gasteiger partial charge in [-0.3, -0.25) is 9.48 Å². The zero-order valence-corrected chi connectivity index (χ0v) is 18.3. The van der Waals surface area contributed by atoms with Gasteiger partial charge in [-0.1, -0.05) is 0 Å². The molecule has 2 aromatic heterocycles. The van der Waals surface area contributed by atoms with E-state index in [9.17, 15) is 4.79 Å². The normalized spacial score (nSPS) is 21.5. The number of aryl methyl sites for hydroxylation is 1. The number of hydrogen-bond donors (Lipinski definition) is 1. The molecule has 1 atom stereocenters. The van der Waals surface area contributed by atoms with Crippen LogP contribution >= 0.6 is 24.8 Å². The Labute approximate surface area is 184 Å². The lowest BCUT2D eigenvalue weighted by molar-refractivity contribution is -0.134. The fraction of sp³-hybridized carbons (Fsp3) is 0.650. The van der Waals surface area contributed by atoms with Gasteiger partial charge in [0.1, 0.15) is 5.69 Å². The zero-order valence-electron chi connectivity index (χ0n) is 16.6. The van der Waals surface area contributed by atoms with Crippen LogP contribution in [0.5, 0.6) is 0 Å². The van der Waals surface area contributed by atoms with E-state index in [1.807, 2.05) is 6.20 Å². The summed E-state index contributed by atoms with van der Waals surface area (Å²) in [5, 5.41) is 8.26. The second-order valence-corrected chi connectivity index (χ2v) is 8.24. The van der Waals surface area contributed by atoms with Gasteiger partial charge in [0.15, 0.2) is 5.82 Å². The molecule has 3 aliphatic rings. The average molecular weight is 441 g/mol. The first kappa shape index (κ1) is 22.1. The maximum atomic E-state index is 12.4. The number of piperidine rings is 1. The van der Waals surface area contributed by atoms with Crippen molar-refractivity contribution in [1.29, 1.82) is 0 Å². The molecule has 1 N–H and O–H groups in total. The molecule has 1 amide bonds. The van der Waals surface area contributed by atoms with Crippen LogP contribution in [-0.2, 0) is 24.4 Å². The highest BCUT2D eigenvalue weighted by Crippen LogP contribution is 2.33. The third kappa shape index (κ3) is 4.78. The molecule has 9 heteroatoms. The summed E-state index contributed by atoms with van der Waals surface area (Å²) < 4.78 is 4.34. The van der Waals surface area contributed by atoms with Crippen molar-refractivity contribution in [2.45, 2.75) is 51.7 Å². The number of halogens is 2. The van der Waals surface area contributed by atoms with Crippen molar-refractivity contribution in [3.05, 3.63) is 24.2 Å². The highest BCUT2D eigenvalue weighted by Gasteiger charge is 2.35. The largest absolute Gasteiger partial charge is 0.342 e. The highest BCUT2D eigenvalue weighted by atomic mass is 35.5. The van der Waals surface area contributed by atoms with Crippen molar-refractivity contribution in [3.8, 4) is 11.5 Å². The first-order valence-electron chi connectivity index (χ1n) is 10.4. The van der Waals surface area contributed by atoms with E-state index in [1.165, 1.54) is 12.1 Å². The summed E-state index contributed by atoms with van der Waals surface area (Å²) in [5.41, 5.74) is 2.19. The third-order valence-electron chi connectivity index (χ3n) is 6.05.